The van der Waals surface area contributed by atoms with Crippen LogP contribution >= 0.6 is 0 Å². The molecule has 0 radical (unpaired) electrons. The maximum Gasteiger partial charge on any atom is 0.311 e. The Hall–Kier alpha value is -3.91. The van der Waals surface area contributed by atoms with E-state index in [9.17, 15) is 26.7 Å². The summed E-state index contributed by atoms with van der Waals surface area (Å²) in [4.78, 5) is 14.8. The first-order valence-corrected chi connectivity index (χ1v) is 9.24. The number of aryl methyl sites for hydroxylation is 1. The lowest BCUT2D eigenvalue weighted by molar-refractivity contribution is -0.134. The fourth-order valence-corrected chi connectivity index (χ4v) is 3.11. The van der Waals surface area contributed by atoms with E-state index in [1.807, 2.05) is 0 Å². The van der Waals surface area contributed by atoms with Crippen LogP contribution in [0.15, 0.2) is 53.6 Å². The van der Waals surface area contributed by atoms with Crippen LogP contribution in [0.5, 0.6) is 5.75 Å². The number of halogens is 5. The van der Waals surface area contributed by atoms with Crippen molar-refractivity contribution in [3.63, 3.8) is 0 Å². The van der Waals surface area contributed by atoms with Gasteiger partial charge in [0.05, 0.1) is 13.0 Å². The number of benzene rings is 3. The molecule has 3 aromatic carbocycles. The molecular weight excluding hydrogens is 433 g/mol. The first-order chi connectivity index (χ1) is 15.3. The summed E-state index contributed by atoms with van der Waals surface area (Å²) in [5, 5.41) is 3.56. The van der Waals surface area contributed by atoms with Crippen molar-refractivity contribution in [3.8, 4) is 16.9 Å². The van der Waals surface area contributed by atoms with Gasteiger partial charge in [0, 0.05) is 4.91 Å². The zero-order valence-electron chi connectivity index (χ0n) is 16.3. The summed E-state index contributed by atoms with van der Waals surface area (Å²) in [7, 11) is 0. The average molecular weight is 447 g/mol. The molecule has 0 unspecified atom stereocenters. The largest absolute Gasteiger partial charge is 0.420 e. The summed E-state index contributed by atoms with van der Waals surface area (Å²) in [6.07, 6.45) is -0.338. The lowest BCUT2D eigenvalue weighted by Crippen LogP contribution is -2.14. The molecule has 0 amide bonds. The van der Waals surface area contributed by atoms with Gasteiger partial charge in [-0.1, -0.05) is 53.6 Å². The van der Waals surface area contributed by atoms with E-state index >= 15 is 0 Å². The number of carbonyl (C=O) groups excluding carboxylic acids is 1. The number of carbonyl (C=O) groups is 1. The van der Waals surface area contributed by atoms with Gasteiger partial charge in [-0.3, -0.25) is 4.79 Å². The summed E-state index contributed by atoms with van der Waals surface area (Å²) in [5.41, 5.74) is 11.5. The lowest BCUT2D eigenvalue weighted by Gasteiger charge is -2.13. The number of rotatable bonds is 7. The SMILES string of the molecule is [N-]=[N+]=NCc1ccccc1-c1ccccc1CCC(=O)Oc1c(F)c(F)c(F)c(F)c1F. The highest BCUT2D eigenvalue weighted by Gasteiger charge is 2.28. The van der Waals surface area contributed by atoms with Crippen LogP contribution in [-0.2, 0) is 17.8 Å². The standard InChI is InChI=1S/C22H14F5N3O2/c23-17-18(24)20(26)22(21(27)19(17)25)32-16(31)10-9-12-5-1-3-7-14(12)15-8-4-2-6-13(15)11-29-30-28/h1-8H,9-11H2. The van der Waals surface area contributed by atoms with Crippen molar-refractivity contribution in [2.75, 3.05) is 0 Å². The van der Waals surface area contributed by atoms with E-state index in [2.05, 4.69) is 14.8 Å². The zero-order chi connectivity index (χ0) is 23.3. The third-order valence-corrected chi connectivity index (χ3v) is 4.61. The Morgan fingerprint density at radius 1 is 0.812 bits per heavy atom. The molecule has 0 atom stereocenters. The summed E-state index contributed by atoms with van der Waals surface area (Å²) in [5.74, 6) is -14.0. The van der Waals surface area contributed by atoms with E-state index in [0.717, 1.165) is 16.7 Å². The topological polar surface area (TPSA) is 75.1 Å². The molecule has 5 nitrogen and oxygen atoms in total. The molecule has 164 valence electrons. The molecule has 10 heteroatoms. The van der Waals surface area contributed by atoms with Gasteiger partial charge < -0.3 is 4.74 Å². The molecule has 0 aliphatic carbocycles. The molecular formula is C22H14F5N3O2. The van der Waals surface area contributed by atoms with Crippen LogP contribution in [0.3, 0.4) is 0 Å². The van der Waals surface area contributed by atoms with Gasteiger partial charge in [-0.2, -0.15) is 8.78 Å². The normalized spacial score (nSPS) is 10.5. The first-order valence-electron chi connectivity index (χ1n) is 9.24. The van der Waals surface area contributed by atoms with E-state index in [0.29, 0.717) is 5.56 Å². The quantitative estimate of drug-likeness (QED) is 0.0615. The molecule has 0 aromatic heterocycles. The maximum atomic E-state index is 13.7. The smallest absolute Gasteiger partial charge is 0.311 e. The Morgan fingerprint density at radius 3 is 1.91 bits per heavy atom. The predicted octanol–water partition coefficient (Wildman–Crippen LogP) is 6.40. The third-order valence-electron chi connectivity index (χ3n) is 4.61. The summed E-state index contributed by atoms with van der Waals surface area (Å²) in [6.45, 7) is 0.100. The Bertz CT molecular complexity index is 1200. The summed E-state index contributed by atoms with van der Waals surface area (Å²) >= 11 is 0. The fourth-order valence-electron chi connectivity index (χ4n) is 3.11. The van der Waals surface area contributed by atoms with Crippen LogP contribution in [-0.4, -0.2) is 5.97 Å². The van der Waals surface area contributed by atoms with Crippen LogP contribution in [0, 0.1) is 29.1 Å². The van der Waals surface area contributed by atoms with Crippen molar-refractivity contribution in [2.45, 2.75) is 19.4 Å². The molecule has 0 fully saturated rings. The third kappa shape index (κ3) is 4.70. The van der Waals surface area contributed by atoms with Gasteiger partial charge in [-0.05, 0) is 34.2 Å². The van der Waals surface area contributed by atoms with Crippen molar-refractivity contribution < 1.29 is 31.5 Å². The highest BCUT2D eigenvalue weighted by molar-refractivity contribution is 5.75. The van der Waals surface area contributed by atoms with Crippen molar-refractivity contribution in [1.29, 1.82) is 0 Å². The minimum absolute atomic E-state index is 0.0558. The van der Waals surface area contributed by atoms with Crippen LogP contribution in [0.1, 0.15) is 17.5 Å². The van der Waals surface area contributed by atoms with E-state index in [-0.39, 0.29) is 13.0 Å². The number of ether oxygens (including phenoxy) is 1. The molecule has 0 heterocycles. The van der Waals surface area contributed by atoms with Gasteiger partial charge in [-0.15, -0.1) is 0 Å². The molecule has 0 spiro atoms. The molecule has 0 aliphatic rings. The van der Waals surface area contributed by atoms with Crippen molar-refractivity contribution >= 4 is 5.97 Å². The lowest BCUT2D eigenvalue weighted by atomic mass is 9.93. The van der Waals surface area contributed by atoms with E-state index in [1.165, 1.54) is 0 Å². The minimum atomic E-state index is -2.34. The zero-order valence-corrected chi connectivity index (χ0v) is 16.3. The monoisotopic (exact) mass is 447 g/mol. The van der Waals surface area contributed by atoms with Gasteiger partial charge in [0.1, 0.15) is 0 Å². The van der Waals surface area contributed by atoms with Crippen LogP contribution < -0.4 is 4.74 Å². The Kier molecular flexibility index (Phi) is 7.07. The van der Waals surface area contributed by atoms with Gasteiger partial charge in [-0.25, -0.2) is 13.2 Å². The van der Waals surface area contributed by atoms with Gasteiger partial charge in [0.25, 0.3) is 0 Å². The van der Waals surface area contributed by atoms with Gasteiger partial charge in [0.15, 0.2) is 0 Å². The number of hydrogen-bond acceptors (Lipinski definition) is 3. The fraction of sp³-hybridized carbons (Fsp3) is 0.136. The van der Waals surface area contributed by atoms with Gasteiger partial charge in [0.2, 0.25) is 34.8 Å². The number of azide groups is 1. The van der Waals surface area contributed by atoms with Crippen molar-refractivity contribution in [1.82, 2.24) is 0 Å². The second-order valence-corrected chi connectivity index (χ2v) is 6.58. The molecule has 3 rings (SSSR count). The molecule has 0 N–H and O–H groups in total. The minimum Gasteiger partial charge on any atom is -0.420 e. The second kappa shape index (κ2) is 9.93. The summed E-state index contributed by atoms with van der Waals surface area (Å²) in [6, 6.07) is 14.1. The van der Waals surface area contributed by atoms with Crippen LogP contribution in [0.2, 0.25) is 0 Å². The molecule has 0 saturated carbocycles. The van der Waals surface area contributed by atoms with Crippen LogP contribution in [0.25, 0.3) is 21.6 Å². The maximum absolute atomic E-state index is 13.7. The molecule has 32 heavy (non-hydrogen) atoms. The summed E-state index contributed by atoms with van der Waals surface area (Å²) < 4.78 is 71.6. The van der Waals surface area contributed by atoms with E-state index in [4.69, 9.17) is 5.53 Å². The molecule has 0 bridgehead atoms. The Balaban J connectivity index is 1.82. The molecule has 0 aliphatic heterocycles. The Labute approximate surface area is 178 Å². The average Bonchev–Trinajstić information content (AvgIpc) is 2.82. The van der Waals surface area contributed by atoms with Gasteiger partial charge >= 0.3 is 5.97 Å². The molecule has 0 saturated heterocycles. The van der Waals surface area contributed by atoms with Crippen LogP contribution in [0.4, 0.5) is 22.0 Å². The first kappa shape index (κ1) is 22.8. The predicted molar refractivity (Wildman–Crippen MR) is 105 cm³/mol. The van der Waals surface area contributed by atoms with E-state index < -0.39 is 47.2 Å². The number of hydrogen-bond donors (Lipinski definition) is 0. The number of nitrogens with zero attached hydrogens (tertiary/aromatic N) is 3. The van der Waals surface area contributed by atoms with Crippen molar-refractivity contribution in [3.05, 3.63) is 99.2 Å². The molecule has 3 aromatic rings. The van der Waals surface area contributed by atoms with E-state index in [1.54, 1.807) is 48.5 Å². The number of esters is 1. The van der Waals surface area contributed by atoms with Crippen molar-refractivity contribution in [2.24, 2.45) is 5.11 Å². The second-order valence-electron chi connectivity index (χ2n) is 6.58. The highest BCUT2D eigenvalue weighted by atomic mass is 19.2. The highest BCUT2D eigenvalue weighted by Crippen LogP contribution is 2.31. The Morgan fingerprint density at radius 2 is 1.31 bits per heavy atom.